The molecule has 0 fully saturated rings. The van der Waals surface area contributed by atoms with Gasteiger partial charge in [0.25, 0.3) is 0 Å². The number of esters is 2. The predicted octanol–water partition coefficient (Wildman–Crippen LogP) is 5.33. The first-order valence-corrected chi connectivity index (χ1v) is 10.5. The monoisotopic (exact) mass is 442 g/mol. The van der Waals surface area contributed by atoms with Crippen molar-refractivity contribution in [1.29, 1.82) is 0 Å². The molecule has 0 amide bonds. The zero-order valence-electron chi connectivity index (χ0n) is 18.2. The van der Waals surface area contributed by atoms with Crippen LogP contribution in [0.2, 0.25) is 0 Å². The summed E-state index contributed by atoms with van der Waals surface area (Å²) in [6, 6.07) is 23.0. The van der Waals surface area contributed by atoms with E-state index in [1.807, 2.05) is 30.3 Å². The highest BCUT2D eigenvalue weighted by Gasteiger charge is 2.14. The summed E-state index contributed by atoms with van der Waals surface area (Å²) < 4.78 is 16.3. The van der Waals surface area contributed by atoms with Crippen LogP contribution in [0.3, 0.4) is 0 Å². The average molecular weight is 442 g/mol. The van der Waals surface area contributed by atoms with Gasteiger partial charge in [-0.15, -0.1) is 10.2 Å². The maximum atomic E-state index is 12.6. The summed E-state index contributed by atoms with van der Waals surface area (Å²) in [6.07, 6.45) is -0.189. The lowest BCUT2D eigenvalue weighted by molar-refractivity contribution is 0.0376. The van der Waals surface area contributed by atoms with Gasteiger partial charge in [0.15, 0.2) is 0 Å². The first-order valence-electron chi connectivity index (χ1n) is 10.5. The zero-order valence-corrected chi connectivity index (χ0v) is 18.2. The molecule has 0 aliphatic rings. The van der Waals surface area contributed by atoms with Gasteiger partial charge in [0.1, 0.15) is 6.61 Å². The van der Waals surface area contributed by atoms with Crippen molar-refractivity contribution in [2.75, 3.05) is 0 Å². The van der Waals surface area contributed by atoms with E-state index in [2.05, 4.69) is 10.2 Å². The fourth-order valence-electron chi connectivity index (χ4n) is 3.07. The Labute approximate surface area is 191 Å². The topological polar surface area (TPSA) is 91.5 Å². The summed E-state index contributed by atoms with van der Waals surface area (Å²) in [4.78, 5) is 24.5. The first-order chi connectivity index (χ1) is 16.0. The molecule has 1 heterocycles. The van der Waals surface area contributed by atoms with Gasteiger partial charge in [-0.25, -0.2) is 9.59 Å². The Balaban J connectivity index is 1.40. The van der Waals surface area contributed by atoms with E-state index >= 15 is 0 Å². The molecule has 0 radical (unpaired) electrons. The zero-order chi connectivity index (χ0) is 23.2. The molecule has 1 aromatic heterocycles. The number of hydrogen-bond donors (Lipinski definition) is 0. The number of carbonyl (C=O) groups excluding carboxylic acids is 2. The minimum absolute atomic E-state index is 0.0707. The normalized spacial score (nSPS) is 10.8. The van der Waals surface area contributed by atoms with Crippen LogP contribution in [0.4, 0.5) is 0 Å². The van der Waals surface area contributed by atoms with Gasteiger partial charge in [-0.05, 0) is 61.9 Å². The van der Waals surface area contributed by atoms with Crippen molar-refractivity contribution < 1.29 is 23.5 Å². The van der Waals surface area contributed by atoms with Gasteiger partial charge in [0.2, 0.25) is 11.8 Å². The van der Waals surface area contributed by atoms with Gasteiger partial charge in [-0.3, -0.25) is 0 Å². The number of carbonyl (C=O) groups is 2. The smallest absolute Gasteiger partial charge is 0.338 e. The number of ether oxygens (including phenoxy) is 2. The molecular formula is C26H22N2O5. The third-order valence-corrected chi connectivity index (χ3v) is 4.69. The molecule has 4 rings (SSSR count). The van der Waals surface area contributed by atoms with Crippen LogP contribution >= 0.6 is 0 Å². The van der Waals surface area contributed by atoms with Crippen molar-refractivity contribution in [3.05, 3.63) is 95.6 Å². The summed E-state index contributed by atoms with van der Waals surface area (Å²) >= 11 is 0. The quantitative estimate of drug-likeness (QED) is 0.357. The third-order valence-electron chi connectivity index (χ3n) is 4.69. The summed E-state index contributed by atoms with van der Waals surface area (Å²) in [5.41, 5.74) is 3.00. The van der Waals surface area contributed by atoms with Gasteiger partial charge in [-0.1, -0.05) is 36.4 Å². The Morgan fingerprint density at radius 2 is 1.45 bits per heavy atom. The fourth-order valence-corrected chi connectivity index (χ4v) is 3.07. The van der Waals surface area contributed by atoms with Crippen LogP contribution in [0.15, 0.2) is 83.3 Å². The molecule has 0 saturated carbocycles. The molecule has 3 aromatic carbocycles. The predicted molar refractivity (Wildman–Crippen MR) is 121 cm³/mol. The Bertz CT molecular complexity index is 1250. The summed E-state index contributed by atoms with van der Waals surface area (Å²) in [7, 11) is 0. The summed E-state index contributed by atoms with van der Waals surface area (Å²) in [6.45, 7) is 3.66. The van der Waals surface area contributed by atoms with Crippen molar-refractivity contribution in [1.82, 2.24) is 10.2 Å². The van der Waals surface area contributed by atoms with E-state index in [0.29, 0.717) is 28.5 Å². The second-order valence-corrected chi connectivity index (χ2v) is 7.59. The van der Waals surface area contributed by atoms with Crippen molar-refractivity contribution in [3.63, 3.8) is 0 Å². The lowest BCUT2D eigenvalue weighted by Gasteiger charge is -2.09. The molecule has 0 bridgehead atoms. The molecule has 7 nitrogen and oxygen atoms in total. The largest absolute Gasteiger partial charge is 0.459 e. The number of aromatic nitrogens is 2. The van der Waals surface area contributed by atoms with Crippen molar-refractivity contribution >= 4 is 11.9 Å². The molecule has 166 valence electrons. The van der Waals surface area contributed by atoms with Crippen LogP contribution in [0, 0.1) is 0 Å². The van der Waals surface area contributed by atoms with Gasteiger partial charge >= 0.3 is 11.9 Å². The summed E-state index contributed by atoms with van der Waals surface area (Å²) in [5.74, 6) is -0.156. The van der Waals surface area contributed by atoms with E-state index in [9.17, 15) is 9.59 Å². The second kappa shape index (κ2) is 9.91. The van der Waals surface area contributed by atoms with Gasteiger partial charge in [-0.2, -0.15) is 0 Å². The van der Waals surface area contributed by atoms with E-state index in [4.69, 9.17) is 13.9 Å². The van der Waals surface area contributed by atoms with Crippen LogP contribution in [-0.2, 0) is 16.1 Å². The minimum Gasteiger partial charge on any atom is -0.459 e. The highest BCUT2D eigenvalue weighted by atomic mass is 16.5. The number of benzene rings is 3. The third kappa shape index (κ3) is 5.51. The number of nitrogens with zero attached hydrogens (tertiary/aromatic N) is 2. The first kappa shape index (κ1) is 22.0. The standard InChI is InChI=1S/C26H22N2O5/c1-17(2)32-26(30)20-13-11-18(12-14-20)16-31-25(29)22-10-6-9-21(15-22)24-28-27-23(33-24)19-7-4-3-5-8-19/h3-15,17H,16H2,1-2H3. The van der Waals surface area contributed by atoms with E-state index in [1.54, 1.807) is 62.4 Å². The molecule has 0 atom stereocenters. The highest BCUT2D eigenvalue weighted by molar-refractivity contribution is 5.91. The SMILES string of the molecule is CC(C)OC(=O)c1ccc(COC(=O)c2cccc(-c3nnc(-c4ccccc4)o3)c2)cc1. The van der Waals surface area contributed by atoms with Crippen molar-refractivity contribution in [2.24, 2.45) is 0 Å². The average Bonchev–Trinajstić information content (AvgIpc) is 3.33. The molecule has 0 aliphatic carbocycles. The Kier molecular flexibility index (Phi) is 6.59. The van der Waals surface area contributed by atoms with Crippen LogP contribution in [-0.4, -0.2) is 28.2 Å². The van der Waals surface area contributed by atoms with Crippen LogP contribution in [0.1, 0.15) is 40.1 Å². The van der Waals surface area contributed by atoms with E-state index in [1.165, 1.54) is 0 Å². The molecule has 0 N–H and O–H groups in total. The highest BCUT2D eigenvalue weighted by Crippen LogP contribution is 2.24. The van der Waals surface area contributed by atoms with Crippen LogP contribution < -0.4 is 0 Å². The molecule has 4 aromatic rings. The second-order valence-electron chi connectivity index (χ2n) is 7.59. The van der Waals surface area contributed by atoms with Crippen LogP contribution in [0.25, 0.3) is 22.9 Å². The van der Waals surface area contributed by atoms with E-state index in [0.717, 1.165) is 11.1 Å². The molecule has 0 spiro atoms. The van der Waals surface area contributed by atoms with Gasteiger partial charge in [0.05, 0.1) is 17.2 Å². The van der Waals surface area contributed by atoms with Gasteiger partial charge < -0.3 is 13.9 Å². The van der Waals surface area contributed by atoms with Gasteiger partial charge in [0, 0.05) is 11.1 Å². The van der Waals surface area contributed by atoms with Crippen molar-refractivity contribution in [3.8, 4) is 22.9 Å². The number of rotatable bonds is 7. The molecule has 0 saturated heterocycles. The molecule has 0 unspecified atom stereocenters. The maximum Gasteiger partial charge on any atom is 0.338 e. The minimum atomic E-state index is -0.483. The molecule has 33 heavy (non-hydrogen) atoms. The van der Waals surface area contributed by atoms with E-state index in [-0.39, 0.29) is 18.7 Å². The Hall–Kier alpha value is -4.26. The summed E-state index contributed by atoms with van der Waals surface area (Å²) in [5, 5.41) is 8.17. The Morgan fingerprint density at radius 1 is 0.788 bits per heavy atom. The fraction of sp³-hybridized carbons (Fsp3) is 0.154. The molecule has 0 aliphatic heterocycles. The lowest BCUT2D eigenvalue weighted by atomic mass is 10.1. The number of hydrogen-bond acceptors (Lipinski definition) is 7. The van der Waals surface area contributed by atoms with Crippen molar-refractivity contribution in [2.45, 2.75) is 26.6 Å². The maximum absolute atomic E-state index is 12.6. The Morgan fingerprint density at radius 3 is 2.15 bits per heavy atom. The lowest BCUT2D eigenvalue weighted by Crippen LogP contribution is -2.11. The molecular weight excluding hydrogens is 420 g/mol. The molecule has 7 heteroatoms. The van der Waals surface area contributed by atoms with Crippen LogP contribution in [0.5, 0.6) is 0 Å². The van der Waals surface area contributed by atoms with E-state index < -0.39 is 5.97 Å².